The second-order valence-corrected chi connectivity index (χ2v) is 13.0. The van der Waals surface area contributed by atoms with Gasteiger partial charge in [-0.2, -0.15) is 4.98 Å². The maximum atomic E-state index is 14.5. The van der Waals surface area contributed by atoms with Crippen molar-refractivity contribution in [1.82, 2.24) is 30.6 Å². The summed E-state index contributed by atoms with van der Waals surface area (Å²) in [7, 11) is 1.46. The molecule has 3 heterocycles. The van der Waals surface area contributed by atoms with Gasteiger partial charge >= 0.3 is 0 Å². The number of benzene rings is 3. The summed E-state index contributed by atoms with van der Waals surface area (Å²) < 4.78 is 22.9. The van der Waals surface area contributed by atoms with Gasteiger partial charge in [-0.25, -0.2) is 0 Å². The number of carbonyl (C=O) groups excluding carboxylic acids is 4. The van der Waals surface area contributed by atoms with Crippen LogP contribution in [0.1, 0.15) is 41.5 Å². The Morgan fingerprint density at radius 3 is 2.38 bits per heavy atom. The molecular formula is C38H42N6O8. The van der Waals surface area contributed by atoms with Crippen LogP contribution in [0.2, 0.25) is 0 Å². The highest BCUT2D eigenvalue weighted by molar-refractivity contribution is 6.02. The normalized spacial score (nSPS) is 20.0. The molecule has 4 amide bonds. The van der Waals surface area contributed by atoms with Crippen molar-refractivity contribution in [1.29, 1.82) is 0 Å². The van der Waals surface area contributed by atoms with Crippen molar-refractivity contribution >= 4 is 23.6 Å². The van der Waals surface area contributed by atoms with E-state index in [1.807, 2.05) is 44.2 Å². The Kier molecular flexibility index (Phi) is 11.1. The number of morpholine rings is 1. The maximum Gasteiger partial charge on any atom is 0.265 e. The smallest absolute Gasteiger partial charge is 0.265 e. The van der Waals surface area contributed by atoms with Crippen molar-refractivity contribution in [2.45, 2.75) is 39.0 Å². The Labute approximate surface area is 301 Å². The molecule has 52 heavy (non-hydrogen) atoms. The number of amides is 4. The quantitative estimate of drug-likeness (QED) is 0.303. The topological polar surface area (TPSA) is 165 Å². The first-order chi connectivity index (χ1) is 25.1. The molecule has 0 saturated carbocycles. The van der Waals surface area contributed by atoms with Gasteiger partial charge in [-0.05, 0) is 43.2 Å². The molecule has 272 valence electrons. The fraction of sp³-hybridized carbons (Fsp3) is 0.368. The minimum atomic E-state index is -1.19. The summed E-state index contributed by atoms with van der Waals surface area (Å²) in [6, 6.07) is 19.4. The molecule has 0 spiro atoms. The molecule has 0 aliphatic carbocycles. The van der Waals surface area contributed by atoms with Gasteiger partial charge < -0.3 is 39.2 Å². The van der Waals surface area contributed by atoms with Gasteiger partial charge in [-0.3, -0.25) is 19.2 Å². The van der Waals surface area contributed by atoms with Gasteiger partial charge in [0.15, 0.2) is 17.6 Å². The number of carbonyl (C=O) groups is 4. The SMILES string of the molecule is COc1ccc2cc1OC(C(=O)N1CCOCC1)[C@H](C)NC(=O)CN(C(=O)c1ccccc1-c1nc(-c3ccccc3)no1)CC(C(C)C)NC2=O. The van der Waals surface area contributed by atoms with Crippen LogP contribution >= 0.6 is 0 Å². The molecule has 3 atom stereocenters. The third-order valence-electron chi connectivity index (χ3n) is 9.09. The van der Waals surface area contributed by atoms with E-state index in [-0.39, 0.29) is 47.7 Å². The zero-order valence-corrected chi connectivity index (χ0v) is 29.5. The lowest BCUT2D eigenvalue weighted by molar-refractivity contribution is -0.144. The van der Waals surface area contributed by atoms with Gasteiger partial charge in [-0.1, -0.05) is 61.5 Å². The van der Waals surface area contributed by atoms with Crippen LogP contribution in [-0.2, 0) is 14.3 Å². The summed E-state index contributed by atoms with van der Waals surface area (Å²) in [4.78, 5) is 63.6. The zero-order chi connectivity index (χ0) is 36.8. The monoisotopic (exact) mass is 710 g/mol. The van der Waals surface area contributed by atoms with Crippen LogP contribution in [0, 0.1) is 5.92 Å². The summed E-state index contributed by atoms with van der Waals surface area (Å²) in [6.45, 7) is 6.54. The largest absolute Gasteiger partial charge is 0.493 e. The fourth-order valence-electron chi connectivity index (χ4n) is 6.12. The molecule has 1 aromatic heterocycles. The third-order valence-corrected chi connectivity index (χ3v) is 9.09. The van der Waals surface area contributed by atoms with Crippen LogP contribution in [0.15, 0.2) is 77.3 Å². The van der Waals surface area contributed by atoms with Crippen molar-refractivity contribution in [3.05, 3.63) is 83.9 Å². The summed E-state index contributed by atoms with van der Waals surface area (Å²) in [5, 5.41) is 10.1. The van der Waals surface area contributed by atoms with E-state index in [9.17, 15) is 19.2 Å². The average Bonchev–Trinajstić information content (AvgIpc) is 3.66. The molecule has 2 N–H and O–H groups in total. The number of nitrogens with one attached hydrogen (secondary N) is 2. The number of nitrogens with zero attached hydrogens (tertiary/aromatic N) is 4. The predicted molar refractivity (Wildman–Crippen MR) is 190 cm³/mol. The van der Waals surface area contributed by atoms with E-state index >= 15 is 0 Å². The number of methoxy groups -OCH3 is 1. The lowest BCUT2D eigenvalue weighted by Crippen LogP contribution is -2.57. The van der Waals surface area contributed by atoms with Gasteiger partial charge in [0.25, 0.3) is 23.6 Å². The van der Waals surface area contributed by atoms with Gasteiger partial charge in [0.2, 0.25) is 11.7 Å². The molecule has 1 fully saturated rings. The Morgan fingerprint density at radius 2 is 1.65 bits per heavy atom. The molecule has 1 saturated heterocycles. The fourth-order valence-corrected chi connectivity index (χ4v) is 6.12. The first kappa shape index (κ1) is 36.0. The lowest BCUT2D eigenvalue weighted by atomic mass is 10.0. The van der Waals surface area contributed by atoms with E-state index in [0.717, 1.165) is 5.56 Å². The number of hydrogen-bond acceptors (Lipinski definition) is 10. The van der Waals surface area contributed by atoms with Crippen LogP contribution < -0.4 is 20.1 Å². The molecule has 2 bridgehead atoms. The number of aromatic nitrogens is 2. The van der Waals surface area contributed by atoms with E-state index in [1.54, 1.807) is 48.2 Å². The van der Waals surface area contributed by atoms with E-state index in [2.05, 4.69) is 20.8 Å². The first-order valence-electron chi connectivity index (χ1n) is 17.2. The van der Waals surface area contributed by atoms with Crippen molar-refractivity contribution in [3.63, 3.8) is 0 Å². The first-order valence-corrected chi connectivity index (χ1v) is 17.2. The van der Waals surface area contributed by atoms with Crippen molar-refractivity contribution in [3.8, 4) is 34.3 Å². The molecule has 14 heteroatoms. The molecule has 0 radical (unpaired) electrons. The molecule has 2 aliphatic rings. The number of hydrogen-bond donors (Lipinski definition) is 2. The highest BCUT2D eigenvalue weighted by Crippen LogP contribution is 2.31. The third kappa shape index (κ3) is 8.07. The van der Waals surface area contributed by atoms with E-state index in [1.165, 1.54) is 18.1 Å². The number of rotatable bonds is 6. The second kappa shape index (κ2) is 16.1. The van der Waals surface area contributed by atoms with Gasteiger partial charge in [0.05, 0.1) is 44.0 Å². The number of fused-ring (bicyclic) bond motifs is 2. The van der Waals surface area contributed by atoms with Gasteiger partial charge in [0, 0.05) is 36.8 Å². The molecule has 14 nitrogen and oxygen atoms in total. The van der Waals surface area contributed by atoms with E-state index < -0.39 is 35.9 Å². The Bertz CT molecular complexity index is 1910. The van der Waals surface area contributed by atoms with Gasteiger partial charge in [-0.15, -0.1) is 0 Å². The Hall–Kier alpha value is -5.76. The van der Waals surface area contributed by atoms with E-state index in [4.69, 9.17) is 18.7 Å². The highest BCUT2D eigenvalue weighted by atomic mass is 16.5. The number of ether oxygens (including phenoxy) is 3. The molecule has 2 unspecified atom stereocenters. The molecule has 2 aliphatic heterocycles. The molecule has 6 rings (SSSR count). The standard InChI is InChI=1S/C38H42N6O8/c1-23(2)29-21-44(37(47)28-13-9-8-12-27(28)36-41-34(42-52-36)25-10-6-5-7-11-25)22-32(45)39-24(3)33(38(48)43-16-18-50-19-17-43)51-31-20-26(35(46)40-29)14-15-30(31)49-4/h5-15,20,23-24,29,33H,16-19,21-22H2,1-4H3,(H,39,45)(H,40,46)/t24-,29?,33?/m0/s1. The van der Waals surface area contributed by atoms with Crippen molar-refractivity contribution in [2.24, 2.45) is 5.92 Å². The van der Waals surface area contributed by atoms with Crippen LogP contribution in [-0.4, -0.2) is 108 Å². The summed E-state index contributed by atoms with van der Waals surface area (Å²) in [5.74, 6) is -0.976. The van der Waals surface area contributed by atoms with Crippen LogP contribution in [0.25, 0.3) is 22.8 Å². The van der Waals surface area contributed by atoms with Crippen LogP contribution in [0.3, 0.4) is 0 Å². The Morgan fingerprint density at radius 1 is 0.923 bits per heavy atom. The van der Waals surface area contributed by atoms with Crippen LogP contribution in [0.4, 0.5) is 0 Å². The summed E-state index contributed by atoms with van der Waals surface area (Å²) in [6.07, 6.45) is -1.19. The minimum Gasteiger partial charge on any atom is -0.493 e. The predicted octanol–water partition coefficient (Wildman–Crippen LogP) is 3.43. The maximum absolute atomic E-state index is 14.5. The molecule has 4 aromatic rings. The minimum absolute atomic E-state index is 0.00682. The molecular weight excluding hydrogens is 668 g/mol. The molecule has 3 aromatic carbocycles. The van der Waals surface area contributed by atoms with Crippen molar-refractivity contribution < 1.29 is 37.9 Å². The summed E-state index contributed by atoms with van der Waals surface area (Å²) >= 11 is 0. The van der Waals surface area contributed by atoms with E-state index in [0.29, 0.717) is 43.4 Å². The Balaban J connectivity index is 1.36. The second-order valence-electron chi connectivity index (χ2n) is 13.0. The van der Waals surface area contributed by atoms with Gasteiger partial charge in [0.1, 0.15) is 0 Å². The lowest BCUT2D eigenvalue weighted by Gasteiger charge is -2.34. The summed E-state index contributed by atoms with van der Waals surface area (Å²) in [5.41, 5.74) is 1.62. The van der Waals surface area contributed by atoms with Crippen molar-refractivity contribution in [2.75, 3.05) is 46.5 Å². The zero-order valence-electron chi connectivity index (χ0n) is 29.5. The van der Waals surface area contributed by atoms with Crippen LogP contribution in [0.5, 0.6) is 11.5 Å². The highest BCUT2D eigenvalue weighted by Gasteiger charge is 2.36. The average molecular weight is 711 g/mol.